The third-order valence-corrected chi connectivity index (χ3v) is 4.67. The molecule has 1 unspecified atom stereocenters. The molecule has 0 bridgehead atoms. The van der Waals surface area contributed by atoms with E-state index in [4.69, 9.17) is 0 Å². The van der Waals surface area contributed by atoms with E-state index in [2.05, 4.69) is 39.7 Å². The Balaban J connectivity index is 1.96. The van der Waals surface area contributed by atoms with E-state index in [1.807, 2.05) is 25.7 Å². The number of hydrogen-bond donors (Lipinski definition) is 2. The molecule has 2 rings (SSSR count). The van der Waals surface area contributed by atoms with Crippen LogP contribution in [0.25, 0.3) is 0 Å². The average molecular weight is 322 g/mol. The zero-order chi connectivity index (χ0) is 17.0. The summed E-state index contributed by atoms with van der Waals surface area (Å²) in [7, 11) is 4.09. The summed E-state index contributed by atoms with van der Waals surface area (Å²) in [5.41, 5.74) is 0.375. The van der Waals surface area contributed by atoms with Crippen molar-refractivity contribution in [2.24, 2.45) is 5.41 Å². The first-order valence-electron chi connectivity index (χ1n) is 8.38. The molecule has 1 aromatic heterocycles. The van der Waals surface area contributed by atoms with Gasteiger partial charge in [0.25, 0.3) is 5.91 Å². The van der Waals surface area contributed by atoms with Crippen LogP contribution in [0.3, 0.4) is 0 Å². The van der Waals surface area contributed by atoms with Gasteiger partial charge in [0.1, 0.15) is 0 Å². The van der Waals surface area contributed by atoms with Crippen LogP contribution in [0.15, 0.2) is 6.20 Å². The van der Waals surface area contributed by atoms with E-state index < -0.39 is 0 Å². The van der Waals surface area contributed by atoms with E-state index in [-0.39, 0.29) is 17.4 Å². The monoisotopic (exact) mass is 322 g/mol. The van der Waals surface area contributed by atoms with E-state index in [0.717, 1.165) is 32.5 Å². The highest BCUT2D eigenvalue weighted by molar-refractivity contribution is 5.92. The standard InChI is InChI=1S/C16H30N6O/c1-12(16(2,3)11-21(4)5)18-15(23)14-10-22(20-19-14)13-6-8-17-9-7-13/h10,12-13,17H,6-9,11H2,1-5H3,(H,18,23). The Hall–Kier alpha value is -1.47. The Labute approximate surface area is 138 Å². The molecule has 2 heterocycles. The van der Waals surface area contributed by atoms with Crippen LogP contribution < -0.4 is 10.6 Å². The molecular weight excluding hydrogens is 292 g/mol. The van der Waals surface area contributed by atoms with Crippen LogP contribution in [0.2, 0.25) is 0 Å². The molecule has 1 fully saturated rings. The van der Waals surface area contributed by atoms with Crippen LogP contribution in [0.5, 0.6) is 0 Å². The predicted octanol–water partition coefficient (Wildman–Crippen LogP) is 0.909. The van der Waals surface area contributed by atoms with Gasteiger partial charge in [0, 0.05) is 12.6 Å². The van der Waals surface area contributed by atoms with E-state index in [1.165, 1.54) is 0 Å². The molecule has 2 N–H and O–H groups in total. The lowest BCUT2D eigenvalue weighted by molar-refractivity contribution is 0.0880. The normalized spacial score (nSPS) is 18.2. The second-order valence-corrected chi connectivity index (χ2v) is 7.49. The fraction of sp³-hybridized carbons (Fsp3) is 0.812. The minimum atomic E-state index is -0.149. The van der Waals surface area contributed by atoms with Crippen LogP contribution >= 0.6 is 0 Å². The minimum absolute atomic E-state index is 0.0236. The topological polar surface area (TPSA) is 75.1 Å². The summed E-state index contributed by atoms with van der Waals surface area (Å²) in [5.74, 6) is -0.149. The highest BCUT2D eigenvalue weighted by Gasteiger charge is 2.29. The molecule has 1 aliphatic rings. The Morgan fingerprint density at radius 1 is 1.48 bits per heavy atom. The van der Waals surface area contributed by atoms with Gasteiger partial charge in [-0.25, -0.2) is 4.68 Å². The number of piperidine rings is 1. The maximum absolute atomic E-state index is 12.4. The van der Waals surface area contributed by atoms with Crippen LogP contribution in [0.1, 0.15) is 50.1 Å². The summed E-state index contributed by atoms with van der Waals surface area (Å²) < 4.78 is 1.84. The van der Waals surface area contributed by atoms with E-state index in [9.17, 15) is 4.79 Å². The molecule has 23 heavy (non-hydrogen) atoms. The Bertz CT molecular complexity index is 518. The van der Waals surface area contributed by atoms with E-state index >= 15 is 0 Å². The molecule has 0 spiro atoms. The predicted molar refractivity (Wildman–Crippen MR) is 90.4 cm³/mol. The van der Waals surface area contributed by atoms with Gasteiger partial charge >= 0.3 is 0 Å². The quantitative estimate of drug-likeness (QED) is 0.814. The van der Waals surface area contributed by atoms with Crippen molar-refractivity contribution < 1.29 is 4.79 Å². The summed E-state index contributed by atoms with van der Waals surface area (Å²) >= 11 is 0. The largest absolute Gasteiger partial charge is 0.348 e. The number of nitrogens with one attached hydrogen (secondary N) is 2. The Morgan fingerprint density at radius 3 is 2.74 bits per heavy atom. The van der Waals surface area contributed by atoms with Gasteiger partial charge < -0.3 is 15.5 Å². The summed E-state index contributed by atoms with van der Waals surface area (Å²) in [6, 6.07) is 0.384. The molecular formula is C16H30N6O. The van der Waals surface area contributed by atoms with Crippen molar-refractivity contribution in [2.45, 2.75) is 45.7 Å². The van der Waals surface area contributed by atoms with Gasteiger partial charge in [-0.3, -0.25) is 4.79 Å². The maximum atomic E-state index is 12.4. The van der Waals surface area contributed by atoms with Gasteiger partial charge in [0.05, 0.1) is 12.2 Å². The first kappa shape index (κ1) is 17.9. The lowest BCUT2D eigenvalue weighted by Crippen LogP contribution is -2.47. The SMILES string of the molecule is CC(NC(=O)c1cn(C2CCNCC2)nn1)C(C)(C)CN(C)C. The molecule has 1 atom stereocenters. The van der Waals surface area contributed by atoms with Gasteiger partial charge in [-0.1, -0.05) is 19.1 Å². The molecule has 7 heteroatoms. The van der Waals surface area contributed by atoms with Crippen molar-refractivity contribution in [2.75, 3.05) is 33.7 Å². The van der Waals surface area contributed by atoms with Crippen LogP contribution in [0.4, 0.5) is 0 Å². The minimum Gasteiger partial charge on any atom is -0.348 e. The van der Waals surface area contributed by atoms with Gasteiger partial charge in [-0.2, -0.15) is 0 Å². The maximum Gasteiger partial charge on any atom is 0.273 e. The Morgan fingerprint density at radius 2 is 2.13 bits per heavy atom. The molecule has 1 amide bonds. The summed E-state index contributed by atoms with van der Waals surface area (Å²) in [5, 5.41) is 14.6. The summed E-state index contributed by atoms with van der Waals surface area (Å²) in [4.78, 5) is 14.6. The number of nitrogens with zero attached hydrogens (tertiary/aromatic N) is 4. The van der Waals surface area contributed by atoms with Crippen molar-refractivity contribution in [1.82, 2.24) is 30.5 Å². The van der Waals surface area contributed by atoms with Gasteiger partial charge in [0.15, 0.2) is 5.69 Å². The van der Waals surface area contributed by atoms with Crippen LogP contribution in [-0.4, -0.2) is 65.6 Å². The highest BCUT2D eigenvalue weighted by atomic mass is 16.2. The van der Waals surface area contributed by atoms with Gasteiger partial charge in [-0.15, -0.1) is 5.10 Å². The highest BCUT2D eigenvalue weighted by Crippen LogP contribution is 2.22. The van der Waals surface area contributed by atoms with Crippen molar-refractivity contribution in [3.8, 4) is 0 Å². The van der Waals surface area contributed by atoms with Crippen molar-refractivity contribution in [3.05, 3.63) is 11.9 Å². The average Bonchev–Trinajstić information content (AvgIpc) is 2.96. The third-order valence-electron chi connectivity index (χ3n) is 4.67. The molecule has 1 aromatic rings. The molecule has 0 aliphatic carbocycles. The fourth-order valence-corrected chi connectivity index (χ4v) is 3.05. The van der Waals surface area contributed by atoms with E-state index in [1.54, 1.807) is 6.20 Å². The van der Waals surface area contributed by atoms with Gasteiger partial charge in [0.2, 0.25) is 0 Å². The first-order chi connectivity index (χ1) is 10.8. The van der Waals surface area contributed by atoms with Crippen molar-refractivity contribution >= 4 is 5.91 Å². The number of amides is 1. The van der Waals surface area contributed by atoms with Crippen molar-refractivity contribution in [3.63, 3.8) is 0 Å². The van der Waals surface area contributed by atoms with Crippen LogP contribution in [-0.2, 0) is 0 Å². The van der Waals surface area contributed by atoms with Gasteiger partial charge in [-0.05, 0) is 52.4 Å². The van der Waals surface area contributed by atoms with E-state index in [0.29, 0.717) is 11.7 Å². The molecule has 1 aliphatic heterocycles. The zero-order valence-corrected chi connectivity index (χ0v) is 15.0. The molecule has 1 saturated heterocycles. The summed E-state index contributed by atoms with van der Waals surface area (Å²) in [6.07, 6.45) is 3.82. The molecule has 0 aromatic carbocycles. The lowest BCUT2D eigenvalue weighted by Gasteiger charge is -2.34. The lowest BCUT2D eigenvalue weighted by atomic mass is 9.85. The second-order valence-electron chi connectivity index (χ2n) is 7.49. The zero-order valence-electron chi connectivity index (χ0n) is 15.0. The Kier molecular flexibility index (Phi) is 5.75. The number of hydrogen-bond acceptors (Lipinski definition) is 5. The smallest absolute Gasteiger partial charge is 0.273 e. The number of carbonyl (C=O) groups is 1. The molecule has 0 radical (unpaired) electrons. The number of aromatic nitrogens is 3. The fourth-order valence-electron chi connectivity index (χ4n) is 3.05. The number of carbonyl (C=O) groups excluding carboxylic acids is 1. The summed E-state index contributed by atoms with van der Waals surface area (Å²) in [6.45, 7) is 9.23. The number of rotatable bonds is 6. The second kappa shape index (κ2) is 7.40. The molecule has 7 nitrogen and oxygen atoms in total. The van der Waals surface area contributed by atoms with Crippen molar-refractivity contribution in [1.29, 1.82) is 0 Å². The first-order valence-corrected chi connectivity index (χ1v) is 8.38. The molecule has 0 saturated carbocycles. The molecule has 130 valence electrons. The van der Waals surface area contributed by atoms with Crippen LogP contribution in [0, 0.1) is 5.41 Å². The third kappa shape index (κ3) is 4.75.